The van der Waals surface area contributed by atoms with E-state index in [-0.39, 0.29) is 29.1 Å². The van der Waals surface area contributed by atoms with Crippen molar-refractivity contribution >= 4 is 11.5 Å². The fourth-order valence-electron chi connectivity index (χ4n) is 4.30. The minimum absolute atomic E-state index is 0.0888. The first-order valence-corrected chi connectivity index (χ1v) is 8.40. The third-order valence-electron chi connectivity index (χ3n) is 5.49. The molecular weight excluding hydrogens is 324 g/mol. The molecule has 3 aliphatic carbocycles. The molecule has 0 aliphatic heterocycles. The van der Waals surface area contributed by atoms with E-state index in [4.69, 9.17) is 0 Å². The monoisotopic (exact) mass is 342 g/mol. The van der Waals surface area contributed by atoms with Gasteiger partial charge < -0.3 is 10.2 Å². The lowest BCUT2D eigenvalue weighted by atomic mass is 9.67. The van der Waals surface area contributed by atoms with Gasteiger partial charge in [-0.05, 0) is 30.7 Å². The zero-order chi connectivity index (χ0) is 17.9. The number of carbonyl (C=O) groups is 1. The van der Waals surface area contributed by atoms with Gasteiger partial charge >= 0.3 is 0 Å². The number of non-ortho nitro benzene ring substituents is 1. The third kappa shape index (κ3) is 2.08. The van der Waals surface area contributed by atoms with Crippen molar-refractivity contribution in [1.29, 1.82) is 0 Å². The van der Waals surface area contributed by atoms with Crippen LogP contribution in [-0.4, -0.2) is 25.5 Å². The van der Waals surface area contributed by atoms with Crippen LogP contribution < -0.4 is 0 Å². The van der Waals surface area contributed by atoms with Gasteiger partial charge in [0.05, 0.1) is 10.6 Å². The number of benzene rings is 1. The molecule has 0 radical (unpaired) electrons. The zero-order valence-electron chi connectivity index (χ0n) is 13.7. The fraction of sp³-hybridized carbons (Fsp3) is 0.389. The number of nitro benzene ring substituents is 1. The summed E-state index contributed by atoms with van der Waals surface area (Å²) >= 11 is 0. The first-order valence-electron chi connectivity index (χ1n) is 8.40. The van der Waals surface area contributed by atoms with Crippen LogP contribution in [0.5, 0.6) is 11.8 Å². The number of carbonyl (C=O) groups excluding carboxylic acids is 1. The Kier molecular flexibility index (Phi) is 3.35. The molecule has 1 fully saturated rings. The molecule has 3 aliphatic rings. The molecule has 1 aromatic heterocycles. The van der Waals surface area contributed by atoms with E-state index in [2.05, 4.69) is 0 Å². The SMILES string of the molecule is CCc1ccc([N+](=O)[O-])cc1-n1c(O)c2c(c1O)[C@@H]1CC[C@H]2CC1=O. The molecule has 0 spiro atoms. The summed E-state index contributed by atoms with van der Waals surface area (Å²) in [6, 6.07) is 4.39. The Morgan fingerprint density at radius 1 is 1.24 bits per heavy atom. The van der Waals surface area contributed by atoms with Crippen molar-refractivity contribution in [2.75, 3.05) is 0 Å². The quantitative estimate of drug-likeness (QED) is 0.657. The predicted molar refractivity (Wildman–Crippen MR) is 89.5 cm³/mol. The molecule has 130 valence electrons. The molecule has 2 atom stereocenters. The van der Waals surface area contributed by atoms with E-state index in [1.807, 2.05) is 6.92 Å². The summed E-state index contributed by atoms with van der Waals surface area (Å²) in [5, 5.41) is 32.7. The predicted octanol–water partition coefficient (Wildman–Crippen LogP) is 3.29. The van der Waals surface area contributed by atoms with Gasteiger partial charge in [-0.3, -0.25) is 19.5 Å². The molecule has 2 aromatic rings. The van der Waals surface area contributed by atoms with Crippen LogP contribution in [0.1, 0.15) is 54.7 Å². The van der Waals surface area contributed by atoms with Crippen molar-refractivity contribution in [3.8, 4) is 17.4 Å². The second-order valence-electron chi connectivity index (χ2n) is 6.73. The molecule has 2 bridgehead atoms. The Hall–Kier alpha value is -2.83. The second-order valence-corrected chi connectivity index (χ2v) is 6.73. The van der Waals surface area contributed by atoms with Gasteiger partial charge in [-0.2, -0.15) is 0 Å². The summed E-state index contributed by atoms with van der Waals surface area (Å²) < 4.78 is 1.26. The van der Waals surface area contributed by atoms with Crippen LogP contribution in [0.2, 0.25) is 0 Å². The minimum Gasteiger partial charge on any atom is -0.494 e. The summed E-state index contributed by atoms with van der Waals surface area (Å²) in [5.41, 5.74) is 2.16. The molecule has 0 saturated heterocycles. The van der Waals surface area contributed by atoms with Crippen LogP contribution in [0.3, 0.4) is 0 Å². The Morgan fingerprint density at radius 3 is 2.60 bits per heavy atom. The fourth-order valence-corrected chi connectivity index (χ4v) is 4.30. The smallest absolute Gasteiger partial charge is 0.271 e. The first-order chi connectivity index (χ1) is 11.9. The lowest BCUT2D eigenvalue weighted by molar-refractivity contribution is -0.384. The van der Waals surface area contributed by atoms with Gasteiger partial charge in [0.25, 0.3) is 5.69 Å². The summed E-state index contributed by atoms with van der Waals surface area (Å²) in [6.07, 6.45) is 2.43. The van der Waals surface area contributed by atoms with Crippen molar-refractivity contribution in [2.24, 2.45) is 0 Å². The van der Waals surface area contributed by atoms with Crippen LogP contribution in [0, 0.1) is 10.1 Å². The number of hydrogen-bond donors (Lipinski definition) is 2. The minimum atomic E-state index is -0.506. The Balaban J connectivity index is 1.99. The van der Waals surface area contributed by atoms with Gasteiger partial charge in [0, 0.05) is 35.6 Å². The van der Waals surface area contributed by atoms with Crippen LogP contribution in [-0.2, 0) is 11.2 Å². The van der Waals surface area contributed by atoms with Crippen molar-refractivity contribution in [3.63, 3.8) is 0 Å². The molecule has 1 saturated carbocycles. The van der Waals surface area contributed by atoms with Crippen molar-refractivity contribution in [1.82, 2.24) is 4.57 Å². The highest BCUT2D eigenvalue weighted by Gasteiger charge is 2.45. The topological polar surface area (TPSA) is 106 Å². The lowest BCUT2D eigenvalue weighted by Gasteiger charge is -2.34. The molecule has 5 rings (SSSR count). The van der Waals surface area contributed by atoms with E-state index in [1.54, 1.807) is 6.07 Å². The molecule has 7 nitrogen and oxygen atoms in total. The number of aromatic hydroxyl groups is 2. The molecule has 7 heteroatoms. The number of nitro groups is 1. The lowest BCUT2D eigenvalue weighted by Crippen LogP contribution is -2.28. The maximum atomic E-state index is 12.2. The average molecular weight is 342 g/mol. The van der Waals surface area contributed by atoms with E-state index >= 15 is 0 Å². The van der Waals surface area contributed by atoms with E-state index < -0.39 is 10.8 Å². The number of aromatic nitrogens is 1. The van der Waals surface area contributed by atoms with Crippen molar-refractivity contribution in [2.45, 2.75) is 44.4 Å². The van der Waals surface area contributed by atoms with Crippen molar-refractivity contribution < 1.29 is 19.9 Å². The van der Waals surface area contributed by atoms with Gasteiger partial charge in [0.15, 0.2) is 0 Å². The Bertz CT molecular complexity index is 915. The van der Waals surface area contributed by atoms with E-state index in [9.17, 15) is 25.1 Å². The number of fused-ring (bicyclic) bond motifs is 2. The maximum absolute atomic E-state index is 12.2. The van der Waals surface area contributed by atoms with Gasteiger partial charge in [-0.1, -0.05) is 13.0 Å². The average Bonchev–Trinajstić information content (AvgIpc) is 2.87. The standard InChI is InChI=1S/C18H18N2O5/c1-2-9-3-5-11(20(24)25)8-13(9)19-17(22)15-10-4-6-12(14(21)7-10)16(15)18(19)23/h3,5,8,10,12,22-23H,2,4,6-7H2,1H3/t10-,12+/m0/s1. The van der Waals surface area contributed by atoms with Crippen LogP contribution in [0.4, 0.5) is 5.69 Å². The van der Waals surface area contributed by atoms with E-state index in [1.165, 1.54) is 16.7 Å². The number of ketones is 1. The molecule has 1 heterocycles. The second kappa shape index (κ2) is 5.34. The Labute approximate surface area is 143 Å². The highest BCUT2D eigenvalue weighted by Crippen LogP contribution is 2.56. The van der Waals surface area contributed by atoms with Gasteiger partial charge in [-0.25, -0.2) is 0 Å². The summed E-state index contributed by atoms with van der Waals surface area (Å²) in [6.45, 7) is 1.90. The third-order valence-corrected chi connectivity index (χ3v) is 5.49. The largest absolute Gasteiger partial charge is 0.494 e. The molecule has 25 heavy (non-hydrogen) atoms. The highest BCUT2D eigenvalue weighted by atomic mass is 16.6. The molecule has 0 amide bonds. The zero-order valence-corrected chi connectivity index (χ0v) is 13.7. The van der Waals surface area contributed by atoms with Crippen LogP contribution in [0.25, 0.3) is 5.69 Å². The number of aryl methyl sites for hydroxylation is 1. The summed E-state index contributed by atoms with van der Waals surface area (Å²) in [7, 11) is 0. The van der Waals surface area contributed by atoms with Crippen molar-refractivity contribution in [3.05, 3.63) is 45.0 Å². The highest BCUT2D eigenvalue weighted by molar-refractivity contribution is 5.91. The van der Waals surface area contributed by atoms with E-state index in [0.29, 0.717) is 36.1 Å². The van der Waals surface area contributed by atoms with Crippen LogP contribution >= 0.6 is 0 Å². The summed E-state index contributed by atoms with van der Waals surface area (Å²) in [4.78, 5) is 22.8. The van der Waals surface area contributed by atoms with Gasteiger partial charge in [0.2, 0.25) is 11.8 Å². The number of hydrogen-bond acceptors (Lipinski definition) is 5. The molecule has 0 unspecified atom stereocenters. The number of rotatable bonds is 3. The van der Waals surface area contributed by atoms with E-state index in [0.717, 1.165) is 12.0 Å². The molecule has 2 N–H and O–H groups in total. The molecule has 1 aromatic carbocycles. The summed E-state index contributed by atoms with van der Waals surface area (Å²) in [5.74, 6) is -0.680. The number of Topliss-reactive ketones (excluding diaryl/α,β-unsaturated/α-hetero) is 1. The first kappa shape index (κ1) is 15.7. The number of nitrogens with zero attached hydrogens (tertiary/aromatic N) is 2. The maximum Gasteiger partial charge on any atom is 0.271 e. The Morgan fingerprint density at radius 2 is 1.96 bits per heavy atom. The van der Waals surface area contributed by atoms with Crippen LogP contribution in [0.15, 0.2) is 18.2 Å². The van der Waals surface area contributed by atoms with Gasteiger partial charge in [0.1, 0.15) is 5.78 Å². The normalized spacial score (nSPS) is 21.4. The molecular formula is C18H18N2O5. The van der Waals surface area contributed by atoms with Gasteiger partial charge in [-0.15, -0.1) is 0 Å².